The van der Waals surface area contributed by atoms with E-state index in [-0.39, 0.29) is 5.91 Å². The van der Waals surface area contributed by atoms with E-state index in [4.69, 9.17) is 5.73 Å². The Bertz CT molecular complexity index is 326. The van der Waals surface area contributed by atoms with Crippen LogP contribution in [0.15, 0.2) is 11.8 Å². The van der Waals surface area contributed by atoms with Crippen molar-refractivity contribution in [2.75, 3.05) is 13.1 Å². The zero-order valence-corrected chi connectivity index (χ0v) is 11.1. The maximum absolute atomic E-state index is 11.3. The third-order valence-corrected chi connectivity index (χ3v) is 3.09. The number of nitrogens with two attached hydrogens (primary N) is 1. The summed E-state index contributed by atoms with van der Waals surface area (Å²) in [6.45, 7) is 3.19. The van der Waals surface area contributed by atoms with Crippen molar-refractivity contribution in [3.05, 3.63) is 11.8 Å². The summed E-state index contributed by atoms with van der Waals surface area (Å²) in [5, 5.41) is 2.64. The fourth-order valence-corrected chi connectivity index (χ4v) is 2.05. The van der Waals surface area contributed by atoms with Crippen LogP contribution in [0, 0.1) is 0 Å². The monoisotopic (exact) mass is 253 g/mol. The average Bonchev–Trinajstić information content (AvgIpc) is 2.74. The average molecular weight is 253 g/mol. The van der Waals surface area contributed by atoms with Crippen molar-refractivity contribution in [1.29, 1.82) is 0 Å². The highest BCUT2D eigenvalue weighted by Gasteiger charge is 2.20. The van der Waals surface area contributed by atoms with Gasteiger partial charge in [0, 0.05) is 18.3 Å². The lowest BCUT2D eigenvalue weighted by atomic mass is 10.1. The second-order valence-electron chi connectivity index (χ2n) is 4.61. The Morgan fingerprint density at radius 2 is 2.00 bits per heavy atom. The van der Waals surface area contributed by atoms with E-state index in [0.717, 1.165) is 12.8 Å². The van der Waals surface area contributed by atoms with Gasteiger partial charge in [0.1, 0.15) is 0 Å². The summed E-state index contributed by atoms with van der Waals surface area (Å²) in [5.74, 6) is -0.154. The second kappa shape index (κ2) is 7.74. The van der Waals surface area contributed by atoms with Gasteiger partial charge < -0.3 is 11.1 Å². The SMILES string of the molecule is CCCCCCCCN(C(N)=O)C1=CC(=O)NC1. The molecule has 0 aliphatic carbocycles. The largest absolute Gasteiger partial charge is 0.351 e. The number of hydrogen-bond donors (Lipinski definition) is 2. The van der Waals surface area contributed by atoms with E-state index in [9.17, 15) is 9.59 Å². The van der Waals surface area contributed by atoms with Crippen LogP contribution in [0.1, 0.15) is 45.4 Å². The number of carbonyl (C=O) groups excluding carboxylic acids is 2. The fourth-order valence-electron chi connectivity index (χ4n) is 2.05. The zero-order chi connectivity index (χ0) is 13.4. The third-order valence-electron chi connectivity index (χ3n) is 3.09. The van der Waals surface area contributed by atoms with Crippen LogP contribution in [0.4, 0.5) is 4.79 Å². The van der Waals surface area contributed by atoms with Gasteiger partial charge in [0.15, 0.2) is 0 Å². The third kappa shape index (κ3) is 4.77. The van der Waals surface area contributed by atoms with Crippen molar-refractivity contribution in [3.63, 3.8) is 0 Å². The number of hydrogen-bond acceptors (Lipinski definition) is 2. The summed E-state index contributed by atoms with van der Waals surface area (Å²) >= 11 is 0. The lowest BCUT2D eigenvalue weighted by Crippen LogP contribution is -2.37. The minimum atomic E-state index is -0.480. The molecule has 0 unspecified atom stereocenters. The Kier molecular flexibility index (Phi) is 6.25. The number of rotatable bonds is 8. The first-order chi connectivity index (χ1) is 8.65. The van der Waals surface area contributed by atoms with Crippen molar-refractivity contribution >= 4 is 11.9 Å². The maximum Gasteiger partial charge on any atom is 0.319 e. The molecule has 0 aromatic carbocycles. The maximum atomic E-state index is 11.3. The van der Waals surface area contributed by atoms with Crippen LogP contribution in [0.5, 0.6) is 0 Å². The molecule has 0 fully saturated rings. The van der Waals surface area contributed by atoms with E-state index in [2.05, 4.69) is 12.2 Å². The Morgan fingerprint density at radius 3 is 2.56 bits per heavy atom. The molecule has 0 saturated heterocycles. The van der Waals surface area contributed by atoms with E-state index in [1.165, 1.54) is 36.7 Å². The fraction of sp³-hybridized carbons (Fsp3) is 0.692. The van der Waals surface area contributed by atoms with Crippen LogP contribution < -0.4 is 11.1 Å². The normalized spacial score (nSPS) is 14.3. The molecule has 0 saturated carbocycles. The number of carbonyl (C=O) groups is 2. The van der Waals surface area contributed by atoms with Crippen LogP contribution in [-0.2, 0) is 4.79 Å². The van der Waals surface area contributed by atoms with Crippen LogP contribution in [-0.4, -0.2) is 29.9 Å². The minimum absolute atomic E-state index is 0.154. The molecule has 1 aliphatic rings. The molecule has 0 aromatic rings. The lowest BCUT2D eigenvalue weighted by molar-refractivity contribution is -0.115. The van der Waals surface area contributed by atoms with Crippen LogP contribution in [0.25, 0.3) is 0 Å². The first-order valence-corrected chi connectivity index (χ1v) is 6.70. The van der Waals surface area contributed by atoms with Crippen molar-refractivity contribution in [2.24, 2.45) is 5.73 Å². The van der Waals surface area contributed by atoms with E-state index >= 15 is 0 Å². The number of nitrogens with one attached hydrogen (secondary N) is 1. The highest BCUT2D eigenvalue weighted by atomic mass is 16.2. The molecule has 3 amide bonds. The van der Waals surface area contributed by atoms with E-state index in [1.54, 1.807) is 0 Å². The highest BCUT2D eigenvalue weighted by molar-refractivity contribution is 5.92. The van der Waals surface area contributed by atoms with Gasteiger partial charge in [-0.3, -0.25) is 9.69 Å². The molecule has 1 rings (SSSR count). The molecule has 5 heteroatoms. The van der Waals surface area contributed by atoms with Gasteiger partial charge in [-0.05, 0) is 6.42 Å². The molecule has 3 N–H and O–H groups in total. The molecule has 0 aromatic heterocycles. The van der Waals surface area contributed by atoms with E-state index in [0.29, 0.717) is 18.8 Å². The summed E-state index contributed by atoms with van der Waals surface area (Å²) in [7, 11) is 0. The molecule has 5 nitrogen and oxygen atoms in total. The molecule has 0 radical (unpaired) electrons. The molecular weight excluding hydrogens is 230 g/mol. The molecule has 0 spiro atoms. The second-order valence-corrected chi connectivity index (χ2v) is 4.61. The Balaban J connectivity index is 2.29. The first kappa shape index (κ1) is 14.5. The van der Waals surface area contributed by atoms with Crippen molar-refractivity contribution in [3.8, 4) is 0 Å². The van der Waals surface area contributed by atoms with Gasteiger partial charge in [0.2, 0.25) is 5.91 Å². The van der Waals surface area contributed by atoms with Gasteiger partial charge in [-0.25, -0.2) is 4.79 Å². The summed E-state index contributed by atoms with van der Waals surface area (Å²) in [5.41, 5.74) is 6.01. The Morgan fingerprint density at radius 1 is 1.33 bits per heavy atom. The van der Waals surface area contributed by atoms with Gasteiger partial charge in [-0.1, -0.05) is 39.0 Å². The molecule has 0 atom stereocenters. The molecule has 102 valence electrons. The number of primary amides is 1. The van der Waals surface area contributed by atoms with Gasteiger partial charge >= 0.3 is 6.03 Å². The van der Waals surface area contributed by atoms with Crippen LogP contribution in [0.3, 0.4) is 0 Å². The lowest BCUT2D eigenvalue weighted by Gasteiger charge is -2.20. The number of nitrogens with zero attached hydrogens (tertiary/aromatic N) is 1. The van der Waals surface area contributed by atoms with E-state index < -0.39 is 6.03 Å². The van der Waals surface area contributed by atoms with Crippen molar-refractivity contribution < 1.29 is 9.59 Å². The highest BCUT2D eigenvalue weighted by Crippen LogP contribution is 2.11. The predicted octanol–water partition coefficient (Wildman–Crippen LogP) is 1.74. The summed E-state index contributed by atoms with van der Waals surface area (Å²) in [6.07, 6.45) is 8.40. The van der Waals surface area contributed by atoms with Gasteiger partial charge in [-0.2, -0.15) is 0 Å². The standard InChI is InChI=1S/C13H23N3O2/c1-2-3-4-5-6-7-8-16(13(14)18)11-9-12(17)15-10-11/h9H,2-8,10H2,1H3,(H2,14,18)(H,15,17). The van der Waals surface area contributed by atoms with Gasteiger partial charge in [-0.15, -0.1) is 0 Å². The molecular formula is C13H23N3O2. The minimum Gasteiger partial charge on any atom is -0.351 e. The van der Waals surface area contributed by atoms with Crippen LogP contribution in [0.2, 0.25) is 0 Å². The van der Waals surface area contributed by atoms with E-state index in [1.807, 2.05) is 0 Å². The summed E-state index contributed by atoms with van der Waals surface area (Å²) in [6, 6.07) is -0.480. The quantitative estimate of drug-likeness (QED) is 0.646. The smallest absolute Gasteiger partial charge is 0.319 e. The van der Waals surface area contributed by atoms with Crippen molar-refractivity contribution in [2.45, 2.75) is 45.4 Å². The first-order valence-electron chi connectivity index (χ1n) is 6.70. The molecule has 1 aliphatic heterocycles. The Labute approximate surface area is 108 Å². The molecule has 18 heavy (non-hydrogen) atoms. The summed E-state index contributed by atoms with van der Waals surface area (Å²) in [4.78, 5) is 23.9. The van der Waals surface area contributed by atoms with Crippen molar-refractivity contribution in [1.82, 2.24) is 10.2 Å². The summed E-state index contributed by atoms with van der Waals surface area (Å²) < 4.78 is 0. The van der Waals surface area contributed by atoms with Gasteiger partial charge in [0.05, 0.1) is 6.54 Å². The molecule has 0 bridgehead atoms. The number of urea groups is 1. The van der Waals surface area contributed by atoms with Crippen LogP contribution >= 0.6 is 0 Å². The molecule has 1 heterocycles. The van der Waals surface area contributed by atoms with Gasteiger partial charge in [0.25, 0.3) is 0 Å². The zero-order valence-electron chi connectivity index (χ0n) is 11.1. The Hall–Kier alpha value is -1.52. The number of amides is 3. The topological polar surface area (TPSA) is 75.4 Å². The number of unbranched alkanes of at least 4 members (excludes halogenated alkanes) is 5. The predicted molar refractivity (Wildman–Crippen MR) is 70.8 cm³/mol.